The standard InChI is InChI=1S/C14H21NO2S/c1-9-11(8-12(16)17)18-13(15-9)10-4-6-14(2,3)7-5-10/h10H,4-8H2,1-3H3,(H,16,17). The third kappa shape index (κ3) is 3.10. The van der Waals surface area contributed by atoms with E-state index in [1.54, 1.807) is 11.3 Å². The van der Waals surface area contributed by atoms with E-state index in [0.717, 1.165) is 15.6 Å². The topological polar surface area (TPSA) is 50.2 Å². The molecule has 2 rings (SSSR count). The number of carbonyl (C=O) groups is 1. The highest BCUT2D eigenvalue weighted by molar-refractivity contribution is 7.11. The second-order valence-corrected chi connectivity index (χ2v) is 7.18. The average Bonchev–Trinajstić information content (AvgIpc) is 2.59. The van der Waals surface area contributed by atoms with Gasteiger partial charge in [0.15, 0.2) is 0 Å². The summed E-state index contributed by atoms with van der Waals surface area (Å²) in [5, 5.41) is 10.0. The van der Waals surface area contributed by atoms with Crippen molar-refractivity contribution in [2.24, 2.45) is 5.41 Å². The summed E-state index contributed by atoms with van der Waals surface area (Å²) in [6, 6.07) is 0. The highest BCUT2D eigenvalue weighted by atomic mass is 32.1. The molecule has 0 unspecified atom stereocenters. The van der Waals surface area contributed by atoms with E-state index >= 15 is 0 Å². The molecule has 0 aromatic carbocycles. The van der Waals surface area contributed by atoms with E-state index in [0.29, 0.717) is 11.3 Å². The van der Waals surface area contributed by atoms with E-state index < -0.39 is 5.97 Å². The molecule has 1 saturated carbocycles. The van der Waals surface area contributed by atoms with Crippen molar-refractivity contribution in [2.45, 2.75) is 58.8 Å². The lowest BCUT2D eigenvalue weighted by molar-refractivity contribution is -0.136. The minimum Gasteiger partial charge on any atom is -0.481 e. The fourth-order valence-electron chi connectivity index (χ4n) is 2.57. The van der Waals surface area contributed by atoms with Gasteiger partial charge >= 0.3 is 5.97 Å². The smallest absolute Gasteiger partial charge is 0.308 e. The molecule has 4 heteroatoms. The zero-order valence-corrected chi connectivity index (χ0v) is 12.1. The molecule has 1 aromatic heterocycles. The van der Waals surface area contributed by atoms with Crippen LogP contribution in [0.4, 0.5) is 0 Å². The Bertz CT molecular complexity index is 441. The molecular weight excluding hydrogens is 246 g/mol. The molecule has 18 heavy (non-hydrogen) atoms. The molecule has 1 aromatic rings. The van der Waals surface area contributed by atoms with E-state index in [-0.39, 0.29) is 6.42 Å². The van der Waals surface area contributed by atoms with E-state index in [1.807, 2.05) is 6.92 Å². The first kappa shape index (κ1) is 13.5. The largest absolute Gasteiger partial charge is 0.481 e. The second-order valence-electron chi connectivity index (χ2n) is 6.07. The van der Waals surface area contributed by atoms with Gasteiger partial charge in [-0.3, -0.25) is 4.79 Å². The van der Waals surface area contributed by atoms with Gasteiger partial charge in [0.1, 0.15) is 0 Å². The second kappa shape index (κ2) is 5.00. The van der Waals surface area contributed by atoms with Crippen LogP contribution in [0.25, 0.3) is 0 Å². The maximum atomic E-state index is 10.8. The molecule has 100 valence electrons. The Labute approximate surface area is 112 Å². The van der Waals surface area contributed by atoms with Crippen LogP contribution in [-0.4, -0.2) is 16.1 Å². The number of carboxylic acid groups (broad SMARTS) is 1. The molecule has 1 aliphatic carbocycles. The van der Waals surface area contributed by atoms with Crippen molar-refractivity contribution in [1.29, 1.82) is 0 Å². The number of aryl methyl sites for hydroxylation is 1. The molecular formula is C14H21NO2S. The summed E-state index contributed by atoms with van der Waals surface area (Å²) in [5.74, 6) is -0.220. The van der Waals surface area contributed by atoms with Crippen molar-refractivity contribution in [1.82, 2.24) is 4.98 Å². The van der Waals surface area contributed by atoms with Crippen LogP contribution in [0.15, 0.2) is 0 Å². The minimum absolute atomic E-state index is 0.113. The monoisotopic (exact) mass is 267 g/mol. The Kier molecular flexibility index (Phi) is 3.76. The molecule has 0 atom stereocenters. The number of nitrogens with zero attached hydrogens (tertiary/aromatic N) is 1. The van der Waals surface area contributed by atoms with Crippen LogP contribution in [-0.2, 0) is 11.2 Å². The van der Waals surface area contributed by atoms with Gasteiger partial charge in [0.25, 0.3) is 0 Å². The molecule has 3 nitrogen and oxygen atoms in total. The number of hydrogen-bond donors (Lipinski definition) is 1. The van der Waals surface area contributed by atoms with Crippen molar-refractivity contribution in [3.8, 4) is 0 Å². The van der Waals surface area contributed by atoms with Crippen LogP contribution >= 0.6 is 11.3 Å². The summed E-state index contributed by atoms with van der Waals surface area (Å²) in [4.78, 5) is 16.3. The van der Waals surface area contributed by atoms with Gasteiger partial charge in [-0.15, -0.1) is 11.3 Å². The van der Waals surface area contributed by atoms with Crippen molar-refractivity contribution in [3.63, 3.8) is 0 Å². The summed E-state index contributed by atoms with van der Waals surface area (Å²) in [6.45, 7) is 6.57. The molecule has 0 bridgehead atoms. The van der Waals surface area contributed by atoms with Crippen LogP contribution in [0.3, 0.4) is 0 Å². The molecule has 1 fully saturated rings. The first-order chi connectivity index (χ1) is 8.37. The predicted octanol–water partition coefficient (Wildman–Crippen LogP) is 3.76. The highest BCUT2D eigenvalue weighted by Gasteiger charge is 2.29. The normalized spacial score (nSPS) is 19.9. The maximum Gasteiger partial charge on any atom is 0.308 e. The van der Waals surface area contributed by atoms with Crippen LogP contribution in [0, 0.1) is 12.3 Å². The quantitative estimate of drug-likeness (QED) is 0.907. The Morgan fingerprint density at radius 2 is 2.06 bits per heavy atom. The lowest BCUT2D eigenvalue weighted by atomic mass is 9.73. The molecule has 1 N–H and O–H groups in total. The number of aromatic nitrogens is 1. The molecule has 1 heterocycles. The number of thiazole rings is 1. The Morgan fingerprint density at radius 1 is 1.44 bits per heavy atom. The van der Waals surface area contributed by atoms with Gasteiger partial charge in [-0.1, -0.05) is 13.8 Å². The van der Waals surface area contributed by atoms with Gasteiger partial charge in [0.05, 0.1) is 17.1 Å². The third-order valence-corrected chi connectivity index (χ3v) is 5.23. The van der Waals surface area contributed by atoms with Crippen molar-refractivity contribution in [2.75, 3.05) is 0 Å². The van der Waals surface area contributed by atoms with Crippen molar-refractivity contribution >= 4 is 17.3 Å². The zero-order chi connectivity index (χ0) is 13.3. The van der Waals surface area contributed by atoms with E-state index in [9.17, 15) is 4.79 Å². The fourth-order valence-corrected chi connectivity index (χ4v) is 3.80. The van der Waals surface area contributed by atoms with Gasteiger partial charge < -0.3 is 5.11 Å². The van der Waals surface area contributed by atoms with Gasteiger partial charge in [-0.05, 0) is 38.0 Å². The summed E-state index contributed by atoms with van der Waals surface area (Å²) < 4.78 is 0. The van der Waals surface area contributed by atoms with Gasteiger partial charge in [-0.25, -0.2) is 4.98 Å². The van der Waals surface area contributed by atoms with Crippen LogP contribution < -0.4 is 0 Å². The maximum absolute atomic E-state index is 10.8. The predicted molar refractivity (Wildman–Crippen MR) is 73.2 cm³/mol. The Balaban J connectivity index is 2.08. The number of carboxylic acids is 1. The molecule has 0 aliphatic heterocycles. The average molecular weight is 267 g/mol. The lowest BCUT2D eigenvalue weighted by Gasteiger charge is -2.33. The van der Waals surface area contributed by atoms with Crippen molar-refractivity contribution < 1.29 is 9.90 Å². The summed E-state index contributed by atoms with van der Waals surface area (Å²) >= 11 is 1.60. The number of aliphatic carboxylic acids is 1. The fraction of sp³-hybridized carbons (Fsp3) is 0.714. The lowest BCUT2D eigenvalue weighted by Crippen LogP contribution is -2.20. The molecule has 0 amide bonds. The molecule has 0 saturated heterocycles. The number of hydrogen-bond acceptors (Lipinski definition) is 3. The highest BCUT2D eigenvalue weighted by Crippen LogP contribution is 2.43. The van der Waals surface area contributed by atoms with E-state index in [4.69, 9.17) is 5.11 Å². The van der Waals surface area contributed by atoms with Crippen LogP contribution in [0.1, 0.15) is 61.0 Å². The molecule has 0 spiro atoms. The van der Waals surface area contributed by atoms with Gasteiger partial charge in [-0.2, -0.15) is 0 Å². The van der Waals surface area contributed by atoms with Crippen molar-refractivity contribution in [3.05, 3.63) is 15.6 Å². The summed E-state index contributed by atoms with van der Waals surface area (Å²) in [6.07, 6.45) is 4.97. The Morgan fingerprint density at radius 3 is 2.61 bits per heavy atom. The van der Waals surface area contributed by atoms with Crippen LogP contribution in [0.5, 0.6) is 0 Å². The first-order valence-corrected chi connectivity index (χ1v) is 7.37. The van der Waals surface area contributed by atoms with Gasteiger partial charge in [0, 0.05) is 10.8 Å². The third-order valence-electron chi connectivity index (χ3n) is 3.91. The Hall–Kier alpha value is -0.900. The van der Waals surface area contributed by atoms with Gasteiger partial charge in [0.2, 0.25) is 0 Å². The minimum atomic E-state index is -0.766. The molecule has 0 radical (unpaired) electrons. The van der Waals surface area contributed by atoms with E-state index in [1.165, 1.54) is 25.7 Å². The number of rotatable bonds is 3. The molecule has 1 aliphatic rings. The SMILES string of the molecule is Cc1nc(C2CCC(C)(C)CC2)sc1CC(=O)O. The first-order valence-electron chi connectivity index (χ1n) is 6.55. The summed E-state index contributed by atoms with van der Waals surface area (Å²) in [5.41, 5.74) is 1.37. The zero-order valence-electron chi connectivity index (χ0n) is 11.3. The van der Waals surface area contributed by atoms with Crippen LogP contribution in [0.2, 0.25) is 0 Å². The summed E-state index contributed by atoms with van der Waals surface area (Å²) in [7, 11) is 0. The van der Waals surface area contributed by atoms with E-state index in [2.05, 4.69) is 18.8 Å².